The number of nitrogens with zero attached hydrogens (tertiary/aromatic N) is 3. The second kappa shape index (κ2) is 8.73. The molecule has 1 amide bonds. The molecule has 2 aliphatic rings. The number of nitrogens with one attached hydrogen (secondary N) is 1. The van der Waals surface area contributed by atoms with Crippen LogP contribution in [0, 0.1) is 0 Å². The molecule has 6 heteroatoms. The monoisotopic (exact) mass is 468 g/mol. The summed E-state index contributed by atoms with van der Waals surface area (Å²) in [6.07, 6.45) is 6.06. The number of amides is 1. The largest absolute Gasteiger partial charge is 0.367 e. The van der Waals surface area contributed by atoms with Gasteiger partial charge in [-0.25, -0.2) is 9.97 Å². The Balaban J connectivity index is 1.32. The lowest BCUT2D eigenvalue weighted by Gasteiger charge is -2.23. The molecule has 0 unspecified atom stereocenters. The molecule has 3 aromatic carbocycles. The van der Waals surface area contributed by atoms with Gasteiger partial charge in [0.15, 0.2) is 0 Å². The van der Waals surface area contributed by atoms with E-state index in [1.54, 1.807) is 6.33 Å². The minimum Gasteiger partial charge on any atom is -0.367 e. The molecule has 0 aliphatic heterocycles. The minimum absolute atomic E-state index is 0.0585. The van der Waals surface area contributed by atoms with Gasteiger partial charge in [0, 0.05) is 34.6 Å². The van der Waals surface area contributed by atoms with Crippen LogP contribution in [0.2, 0.25) is 5.02 Å². The van der Waals surface area contributed by atoms with Crippen molar-refractivity contribution in [2.75, 3.05) is 5.32 Å². The topological polar surface area (TPSA) is 58.1 Å². The first-order valence-electron chi connectivity index (χ1n) is 11.8. The second-order valence-electron chi connectivity index (χ2n) is 9.21. The molecule has 1 N–H and O–H groups in total. The first kappa shape index (κ1) is 21.1. The van der Waals surface area contributed by atoms with Gasteiger partial charge >= 0.3 is 0 Å². The summed E-state index contributed by atoms with van der Waals surface area (Å²) in [4.78, 5) is 24.1. The molecule has 5 nitrogen and oxygen atoms in total. The average Bonchev–Trinajstić information content (AvgIpc) is 3.79. The highest BCUT2D eigenvalue weighted by molar-refractivity contribution is 6.31. The van der Waals surface area contributed by atoms with Gasteiger partial charge in [-0.3, -0.25) is 4.79 Å². The van der Waals surface area contributed by atoms with Gasteiger partial charge in [0.2, 0.25) is 0 Å². The number of carbonyl (C=O) groups is 1. The fourth-order valence-electron chi connectivity index (χ4n) is 4.33. The van der Waals surface area contributed by atoms with Crippen LogP contribution in [0.5, 0.6) is 0 Å². The Labute approximate surface area is 203 Å². The number of fused-ring (bicyclic) bond motifs is 1. The first-order valence-corrected chi connectivity index (χ1v) is 12.2. The summed E-state index contributed by atoms with van der Waals surface area (Å²) in [7, 11) is 0. The molecule has 2 fully saturated rings. The number of benzene rings is 3. The summed E-state index contributed by atoms with van der Waals surface area (Å²) in [5.74, 6) is 0.945. The van der Waals surface area contributed by atoms with E-state index >= 15 is 0 Å². The lowest BCUT2D eigenvalue weighted by atomic mass is 10.0. The second-order valence-corrected chi connectivity index (χ2v) is 9.62. The van der Waals surface area contributed by atoms with E-state index in [0.717, 1.165) is 46.3 Å². The minimum atomic E-state index is 0.0585. The molecule has 0 saturated heterocycles. The van der Waals surface area contributed by atoms with Crippen molar-refractivity contribution in [3.63, 3.8) is 0 Å². The van der Waals surface area contributed by atoms with E-state index in [4.69, 9.17) is 11.6 Å². The van der Waals surface area contributed by atoms with Crippen LogP contribution in [-0.2, 0) is 6.54 Å². The number of carbonyl (C=O) groups excluding carboxylic acids is 1. The summed E-state index contributed by atoms with van der Waals surface area (Å²) < 4.78 is 0. The van der Waals surface area contributed by atoms with Crippen LogP contribution >= 0.6 is 11.6 Å². The molecule has 34 heavy (non-hydrogen) atoms. The fourth-order valence-corrected chi connectivity index (χ4v) is 4.51. The molecule has 1 aromatic heterocycles. The molecule has 0 spiro atoms. The number of aromatic nitrogens is 2. The van der Waals surface area contributed by atoms with Crippen molar-refractivity contribution in [1.29, 1.82) is 0 Å². The normalized spacial score (nSPS) is 15.3. The van der Waals surface area contributed by atoms with Crippen LogP contribution in [0.4, 0.5) is 5.82 Å². The summed E-state index contributed by atoms with van der Waals surface area (Å²) in [6, 6.07) is 22.6. The maximum Gasteiger partial charge on any atom is 0.254 e. The van der Waals surface area contributed by atoms with Crippen LogP contribution in [0.1, 0.15) is 41.6 Å². The van der Waals surface area contributed by atoms with Gasteiger partial charge < -0.3 is 10.2 Å². The maximum atomic E-state index is 13.2. The van der Waals surface area contributed by atoms with Gasteiger partial charge in [0.05, 0.1) is 5.52 Å². The van der Waals surface area contributed by atoms with Crippen LogP contribution in [-0.4, -0.2) is 32.9 Å². The first-order chi connectivity index (χ1) is 16.7. The quantitative estimate of drug-likeness (QED) is 0.344. The summed E-state index contributed by atoms with van der Waals surface area (Å²) in [6.45, 7) is 0.496. The number of hydrogen-bond donors (Lipinski definition) is 1. The van der Waals surface area contributed by atoms with E-state index in [2.05, 4.69) is 33.5 Å². The third-order valence-corrected chi connectivity index (χ3v) is 6.91. The van der Waals surface area contributed by atoms with Crippen LogP contribution < -0.4 is 5.32 Å². The molecular weight excluding hydrogens is 444 g/mol. The van der Waals surface area contributed by atoms with Crippen LogP contribution in [0.3, 0.4) is 0 Å². The van der Waals surface area contributed by atoms with Crippen molar-refractivity contribution < 1.29 is 4.79 Å². The molecular formula is C28H25ClN4O. The molecule has 0 atom stereocenters. The lowest BCUT2D eigenvalue weighted by Crippen LogP contribution is -2.32. The highest BCUT2D eigenvalue weighted by Gasteiger charge is 2.33. The molecule has 2 aliphatic carbocycles. The Bertz CT molecular complexity index is 1370. The number of anilines is 1. The van der Waals surface area contributed by atoms with E-state index in [9.17, 15) is 4.79 Å². The number of halogens is 1. The van der Waals surface area contributed by atoms with Gasteiger partial charge in [-0.05, 0) is 78.8 Å². The van der Waals surface area contributed by atoms with Crippen molar-refractivity contribution in [3.05, 3.63) is 89.2 Å². The lowest BCUT2D eigenvalue weighted by molar-refractivity contribution is 0.0730. The zero-order valence-electron chi connectivity index (χ0n) is 18.7. The van der Waals surface area contributed by atoms with Gasteiger partial charge in [0.25, 0.3) is 5.91 Å². The number of hydrogen-bond acceptors (Lipinski definition) is 4. The van der Waals surface area contributed by atoms with Gasteiger partial charge in [-0.2, -0.15) is 0 Å². The fraction of sp³-hybridized carbons (Fsp3) is 0.250. The Kier molecular flexibility index (Phi) is 5.42. The molecule has 4 aromatic rings. The summed E-state index contributed by atoms with van der Waals surface area (Å²) in [5.41, 5.74) is 4.73. The SMILES string of the molecule is O=C(c1ccccc1)N(Cc1cc(-c2ccc3ncnc(NC4CC4)c3c2)ccc1Cl)C1CC1. The Morgan fingerprint density at radius 2 is 1.71 bits per heavy atom. The van der Waals surface area contributed by atoms with Crippen molar-refractivity contribution >= 4 is 34.2 Å². The maximum absolute atomic E-state index is 13.2. The van der Waals surface area contributed by atoms with Crippen molar-refractivity contribution in [3.8, 4) is 11.1 Å². The third-order valence-electron chi connectivity index (χ3n) is 6.54. The standard InChI is InChI=1S/C28H25ClN4O/c29-25-12-6-19(20-7-13-26-24(15-20)27(31-17-30-26)32-22-8-9-22)14-21(25)16-33(23-10-11-23)28(34)18-4-2-1-3-5-18/h1-7,12-15,17,22-23H,8-11,16H2,(H,30,31,32). The molecule has 1 heterocycles. The van der Waals surface area contributed by atoms with Gasteiger partial charge in [0.1, 0.15) is 12.1 Å². The Morgan fingerprint density at radius 3 is 2.47 bits per heavy atom. The van der Waals surface area contributed by atoms with E-state index in [0.29, 0.717) is 23.2 Å². The zero-order valence-corrected chi connectivity index (χ0v) is 19.5. The average molecular weight is 469 g/mol. The molecule has 170 valence electrons. The Morgan fingerprint density at radius 1 is 0.941 bits per heavy atom. The van der Waals surface area contributed by atoms with Gasteiger partial charge in [-0.1, -0.05) is 41.9 Å². The molecule has 0 bridgehead atoms. The van der Waals surface area contributed by atoms with E-state index in [-0.39, 0.29) is 11.9 Å². The van der Waals surface area contributed by atoms with E-state index < -0.39 is 0 Å². The highest BCUT2D eigenvalue weighted by Crippen LogP contribution is 2.34. The smallest absolute Gasteiger partial charge is 0.254 e. The number of rotatable bonds is 7. The van der Waals surface area contributed by atoms with Crippen molar-refractivity contribution in [1.82, 2.24) is 14.9 Å². The van der Waals surface area contributed by atoms with Crippen LogP contribution in [0.25, 0.3) is 22.0 Å². The van der Waals surface area contributed by atoms with E-state index in [1.807, 2.05) is 53.4 Å². The third kappa shape index (κ3) is 4.36. The highest BCUT2D eigenvalue weighted by atomic mass is 35.5. The van der Waals surface area contributed by atoms with Crippen LogP contribution in [0.15, 0.2) is 73.1 Å². The summed E-state index contributed by atoms with van der Waals surface area (Å²) >= 11 is 6.62. The van der Waals surface area contributed by atoms with E-state index in [1.165, 1.54) is 12.8 Å². The summed E-state index contributed by atoms with van der Waals surface area (Å²) in [5, 5.41) is 5.21. The molecule has 0 radical (unpaired) electrons. The Hall–Kier alpha value is -3.44. The molecule has 2 saturated carbocycles. The van der Waals surface area contributed by atoms with Crippen molar-refractivity contribution in [2.45, 2.75) is 44.3 Å². The van der Waals surface area contributed by atoms with Crippen molar-refractivity contribution in [2.24, 2.45) is 0 Å². The predicted octanol–water partition coefficient (Wildman–Crippen LogP) is 6.33. The predicted molar refractivity (Wildman–Crippen MR) is 136 cm³/mol. The zero-order chi connectivity index (χ0) is 23.1. The van der Waals surface area contributed by atoms with Gasteiger partial charge in [-0.15, -0.1) is 0 Å². The molecule has 6 rings (SSSR count).